The number of hydrogen-bond acceptors (Lipinski definition) is 5. The van der Waals surface area contributed by atoms with E-state index in [1.807, 2.05) is 0 Å². The van der Waals surface area contributed by atoms with Crippen molar-refractivity contribution in [3.8, 4) is 5.75 Å². The van der Waals surface area contributed by atoms with Gasteiger partial charge in [0.2, 0.25) is 0 Å². The molecule has 1 heterocycles. The van der Waals surface area contributed by atoms with Crippen molar-refractivity contribution in [1.82, 2.24) is 4.90 Å². The Labute approximate surface area is 120 Å². The molecule has 1 aromatic carbocycles. The third kappa shape index (κ3) is 2.78. The lowest BCUT2D eigenvalue weighted by Crippen LogP contribution is -2.40. The number of rotatable bonds is 4. The van der Waals surface area contributed by atoms with Crippen molar-refractivity contribution in [1.29, 1.82) is 0 Å². The fourth-order valence-corrected chi connectivity index (χ4v) is 2.40. The van der Waals surface area contributed by atoms with E-state index in [9.17, 15) is 19.7 Å². The van der Waals surface area contributed by atoms with Crippen LogP contribution in [0.25, 0.3) is 0 Å². The fourth-order valence-electron chi connectivity index (χ4n) is 2.40. The molecule has 1 atom stereocenters. The minimum Gasteiger partial charge on any atom is -0.496 e. The third-order valence-corrected chi connectivity index (χ3v) is 3.42. The highest BCUT2D eigenvalue weighted by atomic mass is 16.6. The summed E-state index contributed by atoms with van der Waals surface area (Å²) in [5.41, 5.74) is -0.245. The van der Waals surface area contributed by atoms with Gasteiger partial charge < -0.3 is 14.7 Å². The first kappa shape index (κ1) is 14.8. The fraction of sp³-hybridized carbons (Fsp3) is 0.385. The van der Waals surface area contributed by atoms with E-state index in [4.69, 9.17) is 9.84 Å². The number of likely N-dealkylation sites (tertiary alicyclic amines) is 1. The highest BCUT2D eigenvalue weighted by Crippen LogP contribution is 2.28. The van der Waals surface area contributed by atoms with Gasteiger partial charge in [-0.05, 0) is 18.9 Å². The molecule has 0 aromatic heterocycles. The number of methoxy groups -OCH3 is 1. The van der Waals surface area contributed by atoms with Crippen molar-refractivity contribution in [2.45, 2.75) is 18.9 Å². The van der Waals surface area contributed by atoms with Gasteiger partial charge in [0.1, 0.15) is 11.8 Å². The summed E-state index contributed by atoms with van der Waals surface area (Å²) in [6.45, 7) is 0.307. The van der Waals surface area contributed by atoms with Gasteiger partial charge in [0, 0.05) is 18.7 Å². The Morgan fingerprint density at radius 2 is 2.19 bits per heavy atom. The van der Waals surface area contributed by atoms with E-state index in [0.717, 1.165) is 6.07 Å². The summed E-state index contributed by atoms with van der Waals surface area (Å²) < 4.78 is 5.04. The van der Waals surface area contributed by atoms with Crippen LogP contribution in [0.1, 0.15) is 23.2 Å². The van der Waals surface area contributed by atoms with E-state index in [1.165, 1.54) is 24.1 Å². The van der Waals surface area contributed by atoms with Gasteiger partial charge >= 0.3 is 5.97 Å². The largest absolute Gasteiger partial charge is 0.496 e. The zero-order valence-corrected chi connectivity index (χ0v) is 11.3. The van der Waals surface area contributed by atoms with Crippen LogP contribution in [0.15, 0.2) is 18.2 Å². The van der Waals surface area contributed by atoms with Gasteiger partial charge in [-0.3, -0.25) is 14.9 Å². The molecule has 8 nitrogen and oxygen atoms in total. The van der Waals surface area contributed by atoms with Crippen LogP contribution in [0.3, 0.4) is 0 Å². The Hall–Kier alpha value is -2.64. The van der Waals surface area contributed by atoms with Crippen LogP contribution >= 0.6 is 0 Å². The number of carboxylic acids is 1. The lowest BCUT2D eigenvalue weighted by molar-refractivity contribution is -0.384. The van der Waals surface area contributed by atoms with Gasteiger partial charge in [-0.1, -0.05) is 0 Å². The van der Waals surface area contributed by atoms with E-state index >= 15 is 0 Å². The monoisotopic (exact) mass is 294 g/mol. The Balaban J connectivity index is 2.39. The highest BCUT2D eigenvalue weighted by molar-refractivity contribution is 5.99. The maximum atomic E-state index is 12.5. The van der Waals surface area contributed by atoms with Crippen molar-refractivity contribution in [2.24, 2.45) is 0 Å². The molecule has 21 heavy (non-hydrogen) atoms. The molecular formula is C13H14N2O6. The summed E-state index contributed by atoms with van der Waals surface area (Å²) in [6, 6.07) is 2.77. The average molecular weight is 294 g/mol. The molecule has 2 rings (SSSR count). The van der Waals surface area contributed by atoms with Gasteiger partial charge in [0.15, 0.2) is 0 Å². The van der Waals surface area contributed by atoms with E-state index in [0.29, 0.717) is 19.4 Å². The van der Waals surface area contributed by atoms with Crippen LogP contribution < -0.4 is 4.74 Å². The smallest absolute Gasteiger partial charge is 0.326 e. The molecule has 112 valence electrons. The topological polar surface area (TPSA) is 110 Å². The summed E-state index contributed by atoms with van der Waals surface area (Å²) in [5, 5.41) is 19.9. The minimum absolute atomic E-state index is 0.000139. The summed E-state index contributed by atoms with van der Waals surface area (Å²) >= 11 is 0. The van der Waals surface area contributed by atoms with Gasteiger partial charge in [0.25, 0.3) is 11.6 Å². The van der Waals surface area contributed by atoms with Crippen molar-refractivity contribution < 1.29 is 24.4 Å². The maximum absolute atomic E-state index is 12.5. The molecule has 8 heteroatoms. The Morgan fingerprint density at radius 1 is 1.48 bits per heavy atom. The molecule has 0 spiro atoms. The van der Waals surface area contributed by atoms with Crippen molar-refractivity contribution in [2.75, 3.05) is 13.7 Å². The number of carbonyl (C=O) groups excluding carboxylic acids is 1. The second-order valence-corrected chi connectivity index (χ2v) is 4.64. The van der Waals surface area contributed by atoms with Crippen LogP contribution in [-0.2, 0) is 4.79 Å². The number of hydrogen-bond donors (Lipinski definition) is 1. The zero-order valence-electron chi connectivity index (χ0n) is 11.3. The highest BCUT2D eigenvalue weighted by Gasteiger charge is 2.35. The van der Waals surface area contributed by atoms with Crippen molar-refractivity contribution >= 4 is 17.6 Å². The average Bonchev–Trinajstić information content (AvgIpc) is 2.95. The number of nitrogens with zero attached hydrogens (tertiary/aromatic N) is 2. The van der Waals surface area contributed by atoms with Crippen LogP contribution in [0.5, 0.6) is 5.75 Å². The maximum Gasteiger partial charge on any atom is 0.326 e. The molecular weight excluding hydrogens is 280 g/mol. The number of carboxylic acid groups (broad SMARTS) is 1. The predicted octanol–water partition coefficient (Wildman–Crippen LogP) is 1.29. The molecule has 0 bridgehead atoms. The molecule has 0 saturated carbocycles. The number of amides is 1. The number of carbonyl (C=O) groups is 2. The van der Waals surface area contributed by atoms with Crippen LogP contribution in [0.4, 0.5) is 5.69 Å². The number of benzene rings is 1. The van der Waals surface area contributed by atoms with E-state index in [2.05, 4.69) is 0 Å². The molecule has 1 N–H and O–H groups in total. The van der Waals surface area contributed by atoms with Crippen LogP contribution in [0, 0.1) is 10.1 Å². The van der Waals surface area contributed by atoms with Crippen LogP contribution in [0.2, 0.25) is 0 Å². The van der Waals surface area contributed by atoms with E-state index in [1.54, 1.807) is 0 Å². The molecule has 1 aliphatic rings. The molecule has 0 aliphatic carbocycles. The number of aliphatic carboxylic acids is 1. The van der Waals surface area contributed by atoms with Gasteiger partial charge in [-0.15, -0.1) is 0 Å². The Morgan fingerprint density at radius 3 is 2.76 bits per heavy atom. The first-order valence-corrected chi connectivity index (χ1v) is 6.32. The summed E-state index contributed by atoms with van der Waals surface area (Å²) in [7, 11) is 1.34. The molecule has 1 amide bonds. The normalized spacial score (nSPS) is 17.6. The first-order chi connectivity index (χ1) is 9.95. The Kier molecular flexibility index (Phi) is 4.06. The van der Waals surface area contributed by atoms with E-state index in [-0.39, 0.29) is 17.0 Å². The van der Waals surface area contributed by atoms with Gasteiger partial charge in [0.05, 0.1) is 17.6 Å². The number of ether oxygens (including phenoxy) is 1. The lowest BCUT2D eigenvalue weighted by Gasteiger charge is -2.22. The predicted molar refractivity (Wildman–Crippen MR) is 71.3 cm³/mol. The quantitative estimate of drug-likeness (QED) is 0.662. The first-order valence-electron chi connectivity index (χ1n) is 6.32. The molecule has 1 fully saturated rings. The standard InChI is InChI=1S/C13H14N2O6/c1-21-11-5-4-8(15(19)20)7-9(11)12(16)14-6-2-3-10(14)13(17)18/h4-5,7,10H,2-3,6H2,1H3,(H,17,18). The van der Waals surface area contributed by atoms with E-state index < -0.39 is 22.8 Å². The zero-order chi connectivity index (χ0) is 15.6. The molecule has 1 aliphatic heterocycles. The minimum atomic E-state index is -1.08. The van der Waals surface area contributed by atoms with Gasteiger partial charge in [-0.25, -0.2) is 4.79 Å². The SMILES string of the molecule is COc1ccc([N+](=O)[O-])cc1C(=O)N1CCCC1C(=O)O. The second kappa shape index (κ2) is 5.78. The second-order valence-electron chi connectivity index (χ2n) is 4.64. The Bertz CT molecular complexity index is 600. The number of non-ortho nitro benzene ring substituents is 1. The number of nitro groups is 1. The lowest BCUT2D eigenvalue weighted by atomic mass is 10.1. The third-order valence-electron chi connectivity index (χ3n) is 3.42. The summed E-state index contributed by atoms with van der Waals surface area (Å²) in [6.07, 6.45) is 0.957. The summed E-state index contributed by atoms with van der Waals surface area (Å²) in [5.74, 6) is -1.47. The molecule has 1 saturated heterocycles. The van der Waals surface area contributed by atoms with Crippen molar-refractivity contribution in [3.63, 3.8) is 0 Å². The molecule has 0 radical (unpaired) electrons. The number of nitro benzene ring substituents is 1. The molecule has 1 unspecified atom stereocenters. The van der Waals surface area contributed by atoms with Crippen LogP contribution in [-0.4, -0.2) is 46.5 Å². The molecule has 1 aromatic rings. The van der Waals surface area contributed by atoms with Gasteiger partial charge in [-0.2, -0.15) is 0 Å². The van der Waals surface area contributed by atoms with Crippen molar-refractivity contribution in [3.05, 3.63) is 33.9 Å². The summed E-state index contributed by atoms with van der Waals surface area (Å²) in [4.78, 5) is 35.0.